The van der Waals surface area contributed by atoms with Gasteiger partial charge in [0.15, 0.2) is 0 Å². The van der Waals surface area contributed by atoms with E-state index < -0.39 is 8.80 Å². The standard InChI is InChI=1S/C22H26Si.Gd/c1-22(2,3)16-23(4)20-13-9-17(10-14-20)15-19-12-11-18-7-5-6-8-21(18)19;/h5-14H,15-16H2,1-4H3;/q-1;. The van der Waals surface area contributed by atoms with Crippen LogP contribution in [0.4, 0.5) is 0 Å². The van der Waals surface area contributed by atoms with Crippen LogP contribution in [-0.4, -0.2) is 8.80 Å². The molecule has 0 aliphatic rings. The van der Waals surface area contributed by atoms with Gasteiger partial charge in [-0.1, -0.05) is 74.4 Å². The van der Waals surface area contributed by atoms with Crippen LogP contribution in [-0.2, 0) is 6.42 Å². The number of benzene rings is 2. The smallest absolute Gasteiger partial charge is 0.0829 e. The molecule has 3 aromatic carbocycles. The van der Waals surface area contributed by atoms with E-state index in [4.69, 9.17) is 0 Å². The Hall–Kier alpha value is -0.408. The normalized spacial score (nSPS) is 11.7. The van der Waals surface area contributed by atoms with Crippen LogP contribution in [0.25, 0.3) is 10.8 Å². The molecule has 2 heteroatoms. The second-order valence-electron chi connectivity index (χ2n) is 7.84. The van der Waals surface area contributed by atoms with Crippen LogP contribution < -0.4 is 5.19 Å². The van der Waals surface area contributed by atoms with Gasteiger partial charge in [0, 0.05) is 39.9 Å². The fourth-order valence-electron chi connectivity index (χ4n) is 3.39. The van der Waals surface area contributed by atoms with Gasteiger partial charge in [0.2, 0.25) is 0 Å². The van der Waals surface area contributed by atoms with Crippen LogP contribution in [0.2, 0.25) is 12.6 Å². The van der Waals surface area contributed by atoms with Gasteiger partial charge in [0.25, 0.3) is 0 Å². The van der Waals surface area contributed by atoms with Crippen molar-refractivity contribution in [3.8, 4) is 0 Å². The summed E-state index contributed by atoms with van der Waals surface area (Å²) in [5, 5.41) is 4.30. The summed E-state index contributed by atoms with van der Waals surface area (Å²) in [5.74, 6) is 0. The first kappa shape index (κ1) is 19.9. The van der Waals surface area contributed by atoms with E-state index >= 15 is 0 Å². The molecule has 0 amide bonds. The SMILES string of the molecule is C[Si](CC(C)(C)C)c1ccc(Cc2c[cH-]c3ccccc23)cc1.[Gd]. The monoisotopic (exact) mass is 476 g/mol. The summed E-state index contributed by atoms with van der Waals surface area (Å²) in [6.45, 7) is 9.47. The molecule has 0 aliphatic carbocycles. The van der Waals surface area contributed by atoms with E-state index in [0.717, 1.165) is 6.42 Å². The Morgan fingerprint density at radius 3 is 2.29 bits per heavy atom. The summed E-state index contributed by atoms with van der Waals surface area (Å²) < 4.78 is 0. The Kier molecular flexibility index (Phi) is 6.90. The van der Waals surface area contributed by atoms with Gasteiger partial charge in [0.05, 0.1) is 8.80 Å². The maximum Gasteiger partial charge on any atom is 0.0829 e. The van der Waals surface area contributed by atoms with Crippen molar-refractivity contribution in [2.45, 2.75) is 39.8 Å². The third-order valence-electron chi connectivity index (χ3n) is 4.41. The fourth-order valence-corrected chi connectivity index (χ4v) is 5.92. The second-order valence-corrected chi connectivity index (χ2v) is 10.3. The molecule has 0 nitrogen and oxygen atoms in total. The molecule has 0 fully saturated rings. The van der Waals surface area contributed by atoms with E-state index in [1.807, 2.05) is 0 Å². The minimum absolute atomic E-state index is 0. The van der Waals surface area contributed by atoms with Crippen molar-refractivity contribution in [2.75, 3.05) is 0 Å². The zero-order valence-corrected chi connectivity index (χ0v) is 18.3. The van der Waals surface area contributed by atoms with Gasteiger partial charge in [-0.3, -0.25) is 0 Å². The van der Waals surface area contributed by atoms with Crippen LogP contribution in [0.5, 0.6) is 0 Å². The molecule has 127 valence electrons. The van der Waals surface area contributed by atoms with Gasteiger partial charge in [-0.15, -0.1) is 46.7 Å². The molecule has 0 atom stereocenters. The number of rotatable bonds is 4. The summed E-state index contributed by atoms with van der Waals surface area (Å²) in [5.41, 5.74) is 3.27. The van der Waals surface area contributed by atoms with Crippen molar-refractivity contribution >= 4 is 24.8 Å². The van der Waals surface area contributed by atoms with E-state index in [-0.39, 0.29) is 39.9 Å². The Morgan fingerprint density at radius 1 is 0.958 bits per heavy atom. The van der Waals surface area contributed by atoms with E-state index in [1.165, 1.54) is 27.9 Å². The Bertz CT molecular complexity index is 778. The summed E-state index contributed by atoms with van der Waals surface area (Å²) >= 11 is 0. The van der Waals surface area contributed by atoms with Crippen LogP contribution >= 0.6 is 0 Å². The molecular weight excluding hydrogens is 450 g/mol. The molecule has 0 heterocycles. The van der Waals surface area contributed by atoms with E-state index in [1.54, 1.807) is 5.19 Å². The minimum Gasteiger partial charge on any atom is -0.150 e. The van der Waals surface area contributed by atoms with Gasteiger partial charge in [0.1, 0.15) is 0 Å². The van der Waals surface area contributed by atoms with Crippen molar-refractivity contribution in [1.29, 1.82) is 0 Å². The number of hydrogen-bond donors (Lipinski definition) is 0. The summed E-state index contributed by atoms with van der Waals surface area (Å²) in [7, 11) is -0.437. The van der Waals surface area contributed by atoms with Crippen molar-refractivity contribution in [3.63, 3.8) is 0 Å². The van der Waals surface area contributed by atoms with Crippen molar-refractivity contribution in [3.05, 3.63) is 71.8 Å². The first-order valence-corrected chi connectivity index (χ1v) is 10.7. The Labute approximate surface area is 180 Å². The van der Waals surface area contributed by atoms with Gasteiger partial charge in [-0.25, -0.2) is 0 Å². The van der Waals surface area contributed by atoms with Crippen LogP contribution in [0, 0.1) is 45.4 Å². The molecule has 0 spiro atoms. The average Bonchev–Trinajstić information content (AvgIpc) is 2.90. The van der Waals surface area contributed by atoms with Gasteiger partial charge >= 0.3 is 0 Å². The predicted octanol–water partition coefficient (Wildman–Crippen LogP) is 5.53. The van der Waals surface area contributed by atoms with Crippen LogP contribution in [0.3, 0.4) is 0 Å². The molecule has 0 unspecified atom stereocenters. The van der Waals surface area contributed by atoms with Crippen LogP contribution in [0.1, 0.15) is 31.9 Å². The molecule has 0 bridgehead atoms. The van der Waals surface area contributed by atoms with Gasteiger partial charge in [-0.2, -0.15) is 0 Å². The van der Waals surface area contributed by atoms with Gasteiger partial charge in [-0.05, 0) is 11.8 Å². The van der Waals surface area contributed by atoms with Crippen molar-refractivity contribution in [2.24, 2.45) is 5.41 Å². The van der Waals surface area contributed by atoms with Crippen molar-refractivity contribution in [1.82, 2.24) is 0 Å². The molecule has 24 heavy (non-hydrogen) atoms. The average molecular weight is 476 g/mol. The van der Waals surface area contributed by atoms with Crippen LogP contribution in [0.15, 0.2) is 60.7 Å². The summed E-state index contributed by atoms with van der Waals surface area (Å²) in [6, 6.07) is 23.9. The molecular formula is C22H26GdSi-. The minimum atomic E-state index is -0.437. The predicted molar refractivity (Wildman–Crippen MR) is 104 cm³/mol. The number of hydrogen-bond acceptors (Lipinski definition) is 0. The molecule has 0 aromatic heterocycles. The third kappa shape index (κ3) is 5.05. The summed E-state index contributed by atoms with van der Waals surface area (Å²) in [4.78, 5) is 0. The molecule has 3 aromatic rings. The van der Waals surface area contributed by atoms with Gasteiger partial charge < -0.3 is 0 Å². The Balaban J connectivity index is 0.00000208. The summed E-state index contributed by atoms with van der Waals surface area (Å²) in [6.07, 6.45) is 1.03. The molecule has 0 saturated heterocycles. The molecule has 0 saturated carbocycles. The molecule has 3 rings (SSSR count). The number of fused-ring (bicyclic) bond motifs is 1. The van der Waals surface area contributed by atoms with E-state index in [9.17, 15) is 0 Å². The van der Waals surface area contributed by atoms with E-state index in [2.05, 4.69) is 88.0 Å². The van der Waals surface area contributed by atoms with Crippen molar-refractivity contribution < 1.29 is 39.9 Å². The molecule has 1 radical (unpaired) electrons. The first-order chi connectivity index (χ1) is 10.9. The first-order valence-electron chi connectivity index (χ1n) is 8.47. The maximum absolute atomic E-state index is 2.44. The fraction of sp³-hybridized carbons (Fsp3) is 0.318. The Morgan fingerprint density at radius 2 is 1.62 bits per heavy atom. The second kappa shape index (κ2) is 8.31. The third-order valence-corrected chi connectivity index (χ3v) is 7.32. The molecule has 0 N–H and O–H groups in total. The molecule has 0 aliphatic heterocycles. The zero-order valence-electron chi connectivity index (χ0n) is 15.0. The largest absolute Gasteiger partial charge is 0.150 e. The topological polar surface area (TPSA) is 0 Å². The van der Waals surface area contributed by atoms with E-state index in [0.29, 0.717) is 5.41 Å². The quantitative estimate of drug-likeness (QED) is 0.344. The maximum atomic E-state index is 2.44. The zero-order chi connectivity index (χ0) is 16.4.